The lowest BCUT2D eigenvalue weighted by molar-refractivity contribution is -0.346. The minimum atomic E-state index is -2.17. The number of ketones is 1. The Hall–Kier alpha value is -3.16. The SMILES string of the molecule is CC(=O)OC12COC1CC(O)C1(C)C(=O)C(OC(=O)CC(C)O)C3=C(C)C(O)CC(O)(C(OC(=O)c4ccccc4)C21)C3(C)C. The third-order valence-electron chi connectivity index (χ3n) is 10.6. The Morgan fingerprint density at radius 3 is 2.29 bits per heavy atom. The van der Waals surface area contributed by atoms with Crippen molar-refractivity contribution < 1.29 is 58.6 Å². The Morgan fingerprint density at radius 1 is 1.09 bits per heavy atom. The number of hydrogen-bond acceptors (Lipinski definition) is 12. The molecule has 3 fully saturated rings. The van der Waals surface area contributed by atoms with Crippen LogP contribution in [0.1, 0.15) is 71.2 Å². The van der Waals surface area contributed by atoms with Crippen molar-refractivity contribution in [3.8, 4) is 0 Å². The molecule has 0 radical (unpaired) electrons. The highest BCUT2D eigenvalue weighted by Crippen LogP contribution is 2.64. The lowest BCUT2D eigenvalue weighted by atomic mass is 9.44. The summed E-state index contributed by atoms with van der Waals surface area (Å²) in [5, 5.41) is 46.0. The highest BCUT2D eigenvalue weighted by atomic mass is 16.6. The molecule has 45 heavy (non-hydrogen) atoms. The number of hydrogen-bond donors (Lipinski definition) is 4. The number of rotatable bonds is 6. The normalized spacial score (nSPS) is 39.2. The summed E-state index contributed by atoms with van der Waals surface area (Å²) in [4.78, 5) is 54.5. The first-order chi connectivity index (χ1) is 20.9. The first kappa shape index (κ1) is 33.2. The maximum Gasteiger partial charge on any atom is 0.338 e. The summed E-state index contributed by atoms with van der Waals surface area (Å²) in [5.74, 6) is -4.71. The van der Waals surface area contributed by atoms with Crippen LogP contribution in [-0.2, 0) is 33.3 Å². The molecule has 1 aromatic rings. The van der Waals surface area contributed by atoms with E-state index in [1.54, 1.807) is 39.0 Å². The van der Waals surface area contributed by atoms with E-state index in [1.165, 1.54) is 32.9 Å². The van der Waals surface area contributed by atoms with Crippen LogP contribution in [0.2, 0.25) is 0 Å². The van der Waals surface area contributed by atoms with Crippen molar-refractivity contribution >= 4 is 23.7 Å². The molecule has 1 aliphatic heterocycles. The first-order valence-corrected chi connectivity index (χ1v) is 15.2. The van der Waals surface area contributed by atoms with Crippen LogP contribution in [0.25, 0.3) is 0 Å². The van der Waals surface area contributed by atoms with Crippen LogP contribution in [0.4, 0.5) is 0 Å². The molecule has 10 unspecified atom stereocenters. The third kappa shape index (κ3) is 4.93. The van der Waals surface area contributed by atoms with E-state index < -0.39 is 94.7 Å². The van der Waals surface area contributed by atoms with Gasteiger partial charge < -0.3 is 39.4 Å². The molecule has 2 bridgehead atoms. The Kier molecular flexibility index (Phi) is 8.32. The van der Waals surface area contributed by atoms with Gasteiger partial charge in [-0.15, -0.1) is 0 Å². The smallest absolute Gasteiger partial charge is 0.338 e. The van der Waals surface area contributed by atoms with Crippen LogP contribution in [0.5, 0.6) is 0 Å². The number of fused-ring (bicyclic) bond motifs is 5. The van der Waals surface area contributed by atoms with Crippen LogP contribution >= 0.6 is 0 Å². The van der Waals surface area contributed by atoms with E-state index in [-0.39, 0.29) is 36.2 Å². The Labute approximate surface area is 261 Å². The van der Waals surface area contributed by atoms with Gasteiger partial charge in [0.2, 0.25) is 0 Å². The fraction of sp³-hybridized carbons (Fsp3) is 0.636. The molecule has 12 heteroatoms. The number of Topliss-reactive ketones (excluding diaryl/α,β-unsaturated/α-hetero) is 1. The molecule has 1 heterocycles. The minimum absolute atomic E-state index is 0.0915. The highest BCUT2D eigenvalue weighted by Gasteiger charge is 2.78. The van der Waals surface area contributed by atoms with E-state index in [9.17, 15) is 34.8 Å². The van der Waals surface area contributed by atoms with E-state index in [1.807, 2.05) is 0 Å². The number of aliphatic hydroxyl groups excluding tert-OH is 3. The standard InChI is InChI=1S/C33H42O12/c1-16(34)12-23(38)43-25-24-17(2)20(36)14-33(41,30(24,4)5)28(44-29(40)19-10-8-7-9-11-19)26-31(6,27(25)39)21(37)13-22-32(26,15-42-22)45-18(3)35/h7-11,16,20-22,25-26,28,34,36-37,41H,12-15H2,1-6H3. The molecule has 2 saturated carbocycles. The molecule has 0 aromatic heterocycles. The molecular weight excluding hydrogens is 588 g/mol. The quantitative estimate of drug-likeness (QED) is 0.201. The molecule has 4 aliphatic rings. The van der Waals surface area contributed by atoms with Gasteiger partial charge in [0.25, 0.3) is 0 Å². The van der Waals surface area contributed by atoms with Crippen LogP contribution < -0.4 is 0 Å². The summed E-state index contributed by atoms with van der Waals surface area (Å²) < 4.78 is 23.7. The van der Waals surface area contributed by atoms with E-state index in [2.05, 4.69) is 0 Å². The summed E-state index contributed by atoms with van der Waals surface area (Å²) in [6, 6.07) is 7.99. The van der Waals surface area contributed by atoms with Crippen molar-refractivity contribution in [2.75, 3.05) is 6.61 Å². The van der Waals surface area contributed by atoms with Gasteiger partial charge in [-0.05, 0) is 44.1 Å². The minimum Gasteiger partial charge on any atom is -0.455 e. The average molecular weight is 631 g/mol. The molecule has 1 aromatic carbocycles. The number of ether oxygens (including phenoxy) is 4. The first-order valence-electron chi connectivity index (χ1n) is 15.2. The predicted octanol–water partition coefficient (Wildman–Crippen LogP) is 1.40. The van der Waals surface area contributed by atoms with Crippen molar-refractivity contribution in [1.82, 2.24) is 0 Å². The molecule has 3 aliphatic carbocycles. The molecule has 0 amide bonds. The van der Waals surface area contributed by atoms with E-state index in [4.69, 9.17) is 18.9 Å². The number of carbonyl (C=O) groups is 4. The van der Waals surface area contributed by atoms with Crippen molar-refractivity contribution in [2.45, 2.75) is 109 Å². The fourth-order valence-electron chi connectivity index (χ4n) is 8.16. The second-order valence-corrected chi connectivity index (χ2v) is 13.7. The van der Waals surface area contributed by atoms with Gasteiger partial charge in [-0.2, -0.15) is 0 Å². The summed E-state index contributed by atoms with van der Waals surface area (Å²) in [7, 11) is 0. The Morgan fingerprint density at radius 2 is 1.73 bits per heavy atom. The monoisotopic (exact) mass is 630 g/mol. The second-order valence-electron chi connectivity index (χ2n) is 13.7. The second kappa shape index (κ2) is 11.3. The van der Waals surface area contributed by atoms with E-state index >= 15 is 4.79 Å². The van der Waals surface area contributed by atoms with Crippen molar-refractivity contribution in [1.29, 1.82) is 0 Å². The van der Waals surface area contributed by atoms with Crippen molar-refractivity contribution in [3.63, 3.8) is 0 Å². The van der Waals surface area contributed by atoms with E-state index in [0.717, 1.165) is 0 Å². The summed E-state index contributed by atoms with van der Waals surface area (Å²) in [6.07, 6.45) is -9.20. The zero-order valence-electron chi connectivity index (χ0n) is 26.3. The van der Waals surface area contributed by atoms with E-state index in [0.29, 0.717) is 0 Å². The number of esters is 3. The summed E-state index contributed by atoms with van der Waals surface area (Å²) in [5.41, 5.74) is -6.77. The van der Waals surface area contributed by atoms with Crippen LogP contribution in [-0.4, -0.2) is 98.6 Å². The molecule has 10 atom stereocenters. The lowest BCUT2D eigenvalue weighted by Crippen LogP contribution is -2.81. The van der Waals surface area contributed by atoms with Gasteiger partial charge in [0.05, 0.1) is 48.2 Å². The largest absolute Gasteiger partial charge is 0.455 e. The third-order valence-corrected chi connectivity index (χ3v) is 10.6. The lowest BCUT2D eigenvalue weighted by Gasteiger charge is -2.67. The van der Waals surface area contributed by atoms with Gasteiger partial charge in [0, 0.05) is 25.2 Å². The van der Waals surface area contributed by atoms with Gasteiger partial charge in [0.15, 0.2) is 17.5 Å². The van der Waals surface area contributed by atoms with Gasteiger partial charge in [-0.3, -0.25) is 14.4 Å². The molecular formula is C33H42O12. The molecule has 4 N–H and O–H groups in total. The highest BCUT2D eigenvalue weighted by molar-refractivity contribution is 5.95. The van der Waals surface area contributed by atoms with Gasteiger partial charge >= 0.3 is 17.9 Å². The number of aliphatic hydroxyl groups is 4. The van der Waals surface area contributed by atoms with Gasteiger partial charge in [-0.1, -0.05) is 32.0 Å². The zero-order valence-corrected chi connectivity index (χ0v) is 26.3. The Bertz CT molecular complexity index is 1420. The molecule has 246 valence electrons. The molecule has 5 rings (SSSR count). The average Bonchev–Trinajstić information content (AvgIpc) is 2.94. The number of carbonyl (C=O) groups excluding carboxylic acids is 4. The van der Waals surface area contributed by atoms with Gasteiger partial charge in [-0.25, -0.2) is 4.79 Å². The zero-order chi connectivity index (χ0) is 33.3. The molecule has 1 saturated heterocycles. The van der Waals surface area contributed by atoms with Gasteiger partial charge in [0.1, 0.15) is 17.8 Å². The fourth-order valence-corrected chi connectivity index (χ4v) is 8.16. The van der Waals surface area contributed by atoms with Crippen molar-refractivity contribution in [2.24, 2.45) is 16.7 Å². The topological polar surface area (TPSA) is 186 Å². The van der Waals surface area contributed by atoms with Crippen LogP contribution in [0, 0.1) is 16.7 Å². The summed E-state index contributed by atoms with van der Waals surface area (Å²) >= 11 is 0. The maximum atomic E-state index is 15.0. The van der Waals surface area contributed by atoms with Crippen LogP contribution in [0.15, 0.2) is 41.5 Å². The number of benzene rings is 1. The van der Waals surface area contributed by atoms with Crippen LogP contribution in [0.3, 0.4) is 0 Å². The van der Waals surface area contributed by atoms with Crippen molar-refractivity contribution in [3.05, 3.63) is 47.0 Å². The maximum absolute atomic E-state index is 15.0. The molecule has 0 spiro atoms. The molecule has 12 nitrogen and oxygen atoms in total. The Balaban J connectivity index is 1.81. The predicted molar refractivity (Wildman–Crippen MR) is 155 cm³/mol. The summed E-state index contributed by atoms with van der Waals surface area (Å²) in [6.45, 7) is 8.50.